The first-order chi connectivity index (χ1) is 9.19. The molecule has 0 radical (unpaired) electrons. The van der Waals surface area contributed by atoms with E-state index >= 15 is 0 Å². The molecular weight excluding hydrogens is 280 g/mol. The average Bonchev–Trinajstić information content (AvgIpc) is 2.46. The standard InChI is InChI=1S/C14H20N2O3.ClH/c1-15-11-3-2-8-16(9-11)14(18)10-19-13-6-4-12(17)5-7-13;/h4-7,11,15,17H,2-3,8-10H2,1H3;1H. The molecule has 112 valence electrons. The lowest BCUT2D eigenvalue weighted by molar-refractivity contribution is -0.134. The Morgan fingerprint density at radius 1 is 1.45 bits per heavy atom. The summed E-state index contributed by atoms with van der Waals surface area (Å²) in [7, 11) is 1.92. The van der Waals surface area contributed by atoms with Gasteiger partial charge in [0.15, 0.2) is 6.61 Å². The third-order valence-electron chi connectivity index (χ3n) is 3.38. The van der Waals surface area contributed by atoms with E-state index in [0.717, 1.165) is 25.9 Å². The van der Waals surface area contributed by atoms with Crippen LogP contribution in [0.3, 0.4) is 0 Å². The Kier molecular flexibility index (Phi) is 6.61. The average molecular weight is 301 g/mol. The van der Waals surface area contributed by atoms with Crippen molar-refractivity contribution in [1.82, 2.24) is 10.2 Å². The van der Waals surface area contributed by atoms with E-state index in [2.05, 4.69) is 5.32 Å². The summed E-state index contributed by atoms with van der Waals surface area (Å²) < 4.78 is 5.42. The molecule has 1 amide bonds. The zero-order valence-corrected chi connectivity index (χ0v) is 12.4. The highest BCUT2D eigenvalue weighted by Gasteiger charge is 2.22. The second-order valence-electron chi connectivity index (χ2n) is 4.75. The lowest BCUT2D eigenvalue weighted by Crippen LogP contribution is -2.48. The molecule has 20 heavy (non-hydrogen) atoms. The van der Waals surface area contributed by atoms with Gasteiger partial charge in [-0.15, -0.1) is 12.4 Å². The fraction of sp³-hybridized carbons (Fsp3) is 0.500. The van der Waals surface area contributed by atoms with Crippen molar-refractivity contribution in [3.05, 3.63) is 24.3 Å². The molecule has 1 aliphatic rings. The molecule has 5 nitrogen and oxygen atoms in total. The maximum absolute atomic E-state index is 12.0. The third kappa shape index (κ3) is 4.58. The van der Waals surface area contributed by atoms with Crippen LogP contribution in [0.2, 0.25) is 0 Å². The Morgan fingerprint density at radius 2 is 2.15 bits per heavy atom. The van der Waals surface area contributed by atoms with Gasteiger partial charge >= 0.3 is 0 Å². The van der Waals surface area contributed by atoms with Crippen molar-refractivity contribution in [2.45, 2.75) is 18.9 Å². The number of ether oxygens (including phenoxy) is 1. The van der Waals surface area contributed by atoms with Crippen LogP contribution < -0.4 is 10.1 Å². The van der Waals surface area contributed by atoms with E-state index < -0.39 is 0 Å². The normalized spacial score (nSPS) is 18.2. The first-order valence-corrected chi connectivity index (χ1v) is 6.56. The number of piperidine rings is 1. The van der Waals surface area contributed by atoms with E-state index in [9.17, 15) is 4.79 Å². The number of carbonyl (C=O) groups excluding carboxylic acids is 1. The number of nitrogens with zero attached hydrogens (tertiary/aromatic N) is 1. The molecule has 1 aromatic carbocycles. The van der Waals surface area contributed by atoms with Gasteiger partial charge in [0.2, 0.25) is 0 Å². The fourth-order valence-electron chi connectivity index (χ4n) is 2.22. The van der Waals surface area contributed by atoms with Crippen LogP contribution in [-0.4, -0.2) is 48.7 Å². The van der Waals surface area contributed by atoms with E-state index in [1.807, 2.05) is 11.9 Å². The Labute approximate surface area is 125 Å². The van der Waals surface area contributed by atoms with Crippen molar-refractivity contribution in [3.8, 4) is 11.5 Å². The van der Waals surface area contributed by atoms with E-state index in [1.54, 1.807) is 12.1 Å². The zero-order valence-electron chi connectivity index (χ0n) is 11.5. The van der Waals surface area contributed by atoms with Crippen LogP contribution in [0.1, 0.15) is 12.8 Å². The van der Waals surface area contributed by atoms with Crippen LogP contribution >= 0.6 is 12.4 Å². The van der Waals surface area contributed by atoms with E-state index in [1.165, 1.54) is 12.1 Å². The number of hydrogen-bond donors (Lipinski definition) is 2. The highest BCUT2D eigenvalue weighted by atomic mass is 35.5. The Bertz CT molecular complexity index is 425. The number of rotatable bonds is 4. The molecule has 0 saturated carbocycles. The summed E-state index contributed by atoms with van der Waals surface area (Å²) in [5, 5.41) is 12.4. The zero-order chi connectivity index (χ0) is 13.7. The number of nitrogens with one attached hydrogen (secondary N) is 1. The number of phenols is 1. The van der Waals surface area contributed by atoms with E-state index in [0.29, 0.717) is 11.8 Å². The molecule has 2 rings (SSSR count). The molecule has 1 atom stereocenters. The van der Waals surface area contributed by atoms with Crippen molar-refractivity contribution >= 4 is 18.3 Å². The second kappa shape index (κ2) is 7.97. The first kappa shape index (κ1) is 16.6. The highest BCUT2D eigenvalue weighted by molar-refractivity contribution is 5.85. The number of carbonyl (C=O) groups is 1. The Balaban J connectivity index is 0.00000200. The molecule has 0 spiro atoms. The summed E-state index contributed by atoms with van der Waals surface area (Å²) in [5.41, 5.74) is 0. The summed E-state index contributed by atoms with van der Waals surface area (Å²) in [6, 6.07) is 6.76. The van der Waals surface area contributed by atoms with Gasteiger partial charge < -0.3 is 20.1 Å². The molecule has 1 fully saturated rings. The Morgan fingerprint density at radius 3 is 2.80 bits per heavy atom. The first-order valence-electron chi connectivity index (χ1n) is 6.56. The highest BCUT2D eigenvalue weighted by Crippen LogP contribution is 2.16. The summed E-state index contributed by atoms with van der Waals surface area (Å²) in [4.78, 5) is 13.9. The van der Waals surface area contributed by atoms with E-state index in [-0.39, 0.29) is 30.7 Å². The summed E-state index contributed by atoms with van der Waals surface area (Å²) in [6.45, 7) is 1.59. The molecule has 1 heterocycles. The predicted molar refractivity (Wildman–Crippen MR) is 79.5 cm³/mol. The summed E-state index contributed by atoms with van der Waals surface area (Å²) in [5.74, 6) is 0.785. The number of phenolic OH excluding ortho intramolecular Hbond substituents is 1. The molecule has 0 bridgehead atoms. The van der Waals surface area contributed by atoms with Gasteiger partial charge in [-0.05, 0) is 44.2 Å². The van der Waals surface area contributed by atoms with Gasteiger partial charge in [0.25, 0.3) is 5.91 Å². The van der Waals surface area contributed by atoms with Crippen molar-refractivity contribution in [2.24, 2.45) is 0 Å². The largest absolute Gasteiger partial charge is 0.508 e. The Hall–Kier alpha value is -1.46. The molecule has 2 N–H and O–H groups in total. The minimum absolute atomic E-state index is 0. The fourth-order valence-corrected chi connectivity index (χ4v) is 2.22. The van der Waals surface area contributed by atoms with Crippen molar-refractivity contribution < 1.29 is 14.6 Å². The maximum atomic E-state index is 12.0. The van der Waals surface area contributed by atoms with Crippen LogP contribution in [0.5, 0.6) is 11.5 Å². The maximum Gasteiger partial charge on any atom is 0.260 e. The number of hydrogen-bond acceptors (Lipinski definition) is 4. The second-order valence-corrected chi connectivity index (χ2v) is 4.75. The number of likely N-dealkylation sites (N-methyl/N-ethyl adjacent to an activating group) is 1. The van der Waals surface area contributed by atoms with Crippen LogP contribution in [0.4, 0.5) is 0 Å². The predicted octanol–water partition coefficient (Wildman–Crippen LogP) is 1.40. The number of halogens is 1. The van der Waals surface area contributed by atoms with Gasteiger partial charge in [0, 0.05) is 19.1 Å². The molecule has 1 unspecified atom stereocenters. The van der Waals surface area contributed by atoms with Crippen molar-refractivity contribution in [3.63, 3.8) is 0 Å². The van der Waals surface area contributed by atoms with Crippen molar-refractivity contribution in [1.29, 1.82) is 0 Å². The summed E-state index contributed by atoms with van der Waals surface area (Å²) in [6.07, 6.45) is 2.13. The molecule has 1 aromatic rings. The van der Waals surface area contributed by atoms with Crippen molar-refractivity contribution in [2.75, 3.05) is 26.7 Å². The van der Waals surface area contributed by atoms with Crippen LogP contribution in [-0.2, 0) is 4.79 Å². The van der Waals surface area contributed by atoms with E-state index in [4.69, 9.17) is 9.84 Å². The molecule has 0 aromatic heterocycles. The SMILES string of the molecule is CNC1CCCN(C(=O)COc2ccc(O)cc2)C1.Cl. The van der Waals surface area contributed by atoms with Gasteiger partial charge in [-0.25, -0.2) is 0 Å². The number of benzene rings is 1. The van der Waals surface area contributed by atoms with Crippen LogP contribution in [0.25, 0.3) is 0 Å². The van der Waals surface area contributed by atoms with Gasteiger partial charge in [-0.2, -0.15) is 0 Å². The van der Waals surface area contributed by atoms with Gasteiger partial charge in [-0.3, -0.25) is 4.79 Å². The number of aromatic hydroxyl groups is 1. The third-order valence-corrected chi connectivity index (χ3v) is 3.38. The van der Waals surface area contributed by atoms with Gasteiger partial charge in [0.1, 0.15) is 11.5 Å². The quantitative estimate of drug-likeness (QED) is 0.882. The number of likely N-dealkylation sites (tertiary alicyclic amines) is 1. The van der Waals surface area contributed by atoms with Crippen LogP contribution in [0.15, 0.2) is 24.3 Å². The smallest absolute Gasteiger partial charge is 0.260 e. The lowest BCUT2D eigenvalue weighted by Gasteiger charge is -2.32. The minimum atomic E-state index is 0. The minimum Gasteiger partial charge on any atom is -0.508 e. The topological polar surface area (TPSA) is 61.8 Å². The lowest BCUT2D eigenvalue weighted by atomic mass is 10.1. The van der Waals surface area contributed by atoms with Crippen LogP contribution in [0, 0.1) is 0 Å². The monoisotopic (exact) mass is 300 g/mol. The van der Waals surface area contributed by atoms with Gasteiger partial charge in [0.05, 0.1) is 0 Å². The molecular formula is C14H21ClN2O3. The molecule has 1 saturated heterocycles. The summed E-state index contributed by atoms with van der Waals surface area (Å²) >= 11 is 0. The number of amides is 1. The van der Waals surface area contributed by atoms with Gasteiger partial charge in [-0.1, -0.05) is 0 Å². The molecule has 6 heteroatoms. The molecule has 1 aliphatic heterocycles. The molecule has 0 aliphatic carbocycles.